The first-order valence-electron chi connectivity index (χ1n) is 8.57. The molecule has 0 spiro atoms. The summed E-state index contributed by atoms with van der Waals surface area (Å²) >= 11 is 0. The van der Waals surface area contributed by atoms with Gasteiger partial charge < -0.3 is 10.2 Å². The second kappa shape index (κ2) is 6.19. The Morgan fingerprint density at radius 1 is 1.25 bits per heavy atom. The molecule has 1 atom stereocenters. The summed E-state index contributed by atoms with van der Waals surface area (Å²) in [5.41, 5.74) is 1.94. The normalized spacial score (nSPS) is 20.5. The number of carbonyl (C=O) groups is 1. The van der Waals surface area contributed by atoms with Crippen molar-refractivity contribution < 1.29 is 4.79 Å². The minimum atomic E-state index is 0.128. The first-order valence-corrected chi connectivity index (χ1v) is 8.57. The summed E-state index contributed by atoms with van der Waals surface area (Å²) < 4.78 is 0. The van der Waals surface area contributed by atoms with Gasteiger partial charge in [0.1, 0.15) is 5.82 Å². The molecule has 1 aliphatic heterocycles. The third-order valence-electron chi connectivity index (χ3n) is 4.58. The van der Waals surface area contributed by atoms with Crippen LogP contribution in [0.25, 0.3) is 11.4 Å². The van der Waals surface area contributed by atoms with Crippen LogP contribution in [0.4, 0.5) is 5.82 Å². The lowest BCUT2D eigenvalue weighted by Gasteiger charge is -2.17. The van der Waals surface area contributed by atoms with Gasteiger partial charge in [-0.2, -0.15) is 0 Å². The van der Waals surface area contributed by atoms with Gasteiger partial charge >= 0.3 is 0 Å². The zero-order valence-corrected chi connectivity index (χ0v) is 13.8. The number of hydrogen-bond donors (Lipinski definition) is 1. The predicted molar refractivity (Wildman–Crippen MR) is 91.4 cm³/mol. The minimum Gasteiger partial charge on any atom is -0.365 e. The molecular weight excluding hydrogens is 302 g/mol. The van der Waals surface area contributed by atoms with E-state index in [1.54, 1.807) is 12.4 Å². The Bertz CT molecular complexity index is 744. The maximum Gasteiger partial charge on any atom is 0.225 e. The van der Waals surface area contributed by atoms with Crippen LogP contribution in [0.2, 0.25) is 0 Å². The third kappa shape index (κ3) is 3.09. The van der Waals surface area contributed by atoms with E-state index in [0.29, 0.717) is 18.3 Å². The molecule has 0 radical (unpaired) electrons. The Morgan fingerprint density at radius 2 is 2.04 bits per heavy atom. The number of aromatic nitrogens is 3. The molecule has 1 saturated carbocycles. The number of amides is 1. The van der Waals surface area contributed by atoms with E-state index in [9.17, 15) is 4.79 Å². The molecule has 6 heteroatoms. The van der Waals surface area contributed by atoms with Gasteiger partial charge in [0.2, 0.25) is 5.91 Å². The lowest BCUT2D eigenvalue weighted by Crippen LogP contribution is -2.30. The third-order valence-corrected chi connectivity index (χ3v) is 4.58. The highest BCUT2D eigenvalue weighted by molar-refractivity contribution is 5.80. The summed E-state index contributed by atoms with van der Waals surface area (Å²) in [6.07, 6.45) is 7.18. The van der Waals surface area contributed by atoms with E-state index in [1.807, 2.05) is 23.1 Å². The quantitative estimate of drug-likeness (QED) is 0.914. The molecule has 4 rings (SSSR count). The number of rotatable bonds is 5. The SMILES string of the molecule is CCc1cc(NC2CC(=O)N(C3CC3)C2)nc(-c2ccncc2)n1. The first-order chi connectivity index (χ1) is 11.7. The van der Waals surface area contributed by atoms with Crippen molar-refractivity contribution in [2.75, 3.05) is 11.9 Å². The van der Waals surface area contributed by atoms with Crippen LogP contribution in [0.15, 0.2) is 30.6 Å². The molecule has 1 N–H and O–H groups in total. The lowest BCUT2D eigenvalue weighted by atomic mass is 10.2. The Morgan fingerprint density at radius 3 is 2.75 bits per heavy atom. The number of anilines is 1. The van der Waals surface area contributed by atoms with Gasteiger partial charge in [0.15, 0.2) is 5.82 Å². The van der Waals surface area contributed by atoms with E-state index in [1.165, 1.54) is 0 Å². The molecule has 0 aromatic carbocycles. The summed E-state index contributed by atoms with van der Waals surface area (Å²) in [6, 6.07) is 6.41. The van der Waals surface area contributed by atoms with Crippen molar-refractivity contribution in [1.29, 1.82) is 0 Å². The summed E-state index contributed by atoms with van der Waals surface area (Å²) in [5.74, 6) is 1.75. The molecule has 2 aliphatic rings. The van der Waals surface area contributed by atoms with Gasteiger partial charge in [0.25, 0.3) is 0 Å². The smallest absolute Gasteiger partial charge is 0.225 e. The van der Waals surface area contributed by atoms with E-state index in [4.69, 9.17) is 0 Å². The van der Waals surface area contributed by atoms with Crippen molar-refractivity contribution in [3.8, 4) is 11.4 Å². The zero-order valence-electron chi connectivity index (χ0n) is 13.8. The summed E-state index contributed by atoms with van der Waals surface area (Å²) in [4.78, 5) is 27.4. The molecule has 1 amide bonds. The highest BCUT2D eigenvalue weighted by atomic mass is 16.2. The number of pyridine rings is 1. The second-order valence-corrected chi connectivity index (χ2v) is 6.48. The van der Waals surface area contributed by atoms with Crippen molar-refractivity contribution in [1.82, 2.24) is 19.9 Å². The monoisotopic (exact) mass is 323 g/mol. The highest BCUT2D eigenvalue weighted by Gasteiger charge is 2.39. The number of nitrogens with one attached hydrogen (secondary N) is 1. The molecule has 3 heterocycles. The van der Waals surface area contributed by atoms with E-state index in [2.05, 4.69) is 27.2 Å². The molecule has 6 nitrogen and oxygen atoms in total. The van der Waals surface area contributed by atoms with Crippen molar-refractivity contribution in [3.05, 3.63) is 36.3 Å². The predicted octanol–water partition coefficient (Wildman–Crippen LogP) is 2.28. The van der Waals surface area contributed by atoms with Crippen molar-refractivity contribution in [2.24, 2.45) is 0 Å². The molecule has 2 aromatic heterocycles. The van der Waals surface area contributed by atoms with Crippen molar-refractivity contribution in [3.63, 3.8) is 0 Å². The standard InChI is InChI=1S/C18H21N5O/c1-2-13-9-16(22-18(21-13)12-5-7-19-8-6-12)20-14-10-17(24)23(11-14)15-3-4-15/h5-9,14-15H,2-4,10-11H2,1H3,(H,20,21,22). The minimum absolute atomic E-state index is 0.128. The van der Waals surface area contributed by atoms with Crippen LogP contribution < -0.4 is 5.32 Å². The Balaban J connectivity index is 1.55. The molecule has 1 aliphatic carbocycles. The molecule has 124 valence electrons. The average molecular weight is 323 g/mol. The molecule has 1 saturated heterocycles. The fourth-order valence-corrected chi connectivity index (χ4v) is 3.16. The number of nitrogens with zero attached hydrogens (tertiary/aromatic N) is 4. The molecule has 1 unspecified atom stereocenters. The number of likely N-dealkylation sites (tertiary alicyclic amines) is 1. The van der Waals surface area contributed by atoms with E-state index in [0.717, 1.165) is 42.9 Å². The van der Waals surface area contributed by atoms with Gasteiger partial charge in [0, 0.05) is 48.7 Å². The Hall–Kier alpha value is -2.50. The van der Waals surface area contributed by atoms with E-state index < -0.39 is 0 Å². The van der Waals surface area contributed by atoms with Crippen LogP contribution in [-0.2, 0) is 11.2 Å². The highest BCUT2D eigenvalue weighted by Crippen LogP contribution is 2.31. The van der Waals surface area contributed by atoms with Crippen LogP contribution in [0.1, 0.15) is 31.9 Å². The topological polar surface area (TPSA) is 71.0 Å². The molecule has 0 bridgehead atoms. The Labute approximate surface area is 141 Å². The summed E-state index contributed by atoms with van der Waals surface area (Å²) in [5, 5.41) is 3.44. The van der Waals surface area contributed by atoms with Gasteiger partial charge in [-0.25, -0.2) is 9.97 Å². The van der Waals surface area contributed by atoms with Gasteiger partial charge in [-0.1, -0.05) is 6.92 Å². The zero-order chi connectivity index (χ0) is 16.5. The average Bonchev–Trinajstić information content (AvgIpc) is 3.39. The Kier molecular flexibility index (Phi) is 3.88. The fourth-order valence-electron chi connectivity index (χ4n) is 3.16. The van der Waals surface area contributed by atoms with Crippen LogP contribution in [0.3, 0.4) is 0 Å². The molecule has 24 heavy (non-hydrogen) atoms. The summed E-state index contributed by atoms with van der Waals surface area (Å²) in [6.45, 7) is 2.86. The van der Waals surface area contributed by atoms with Gasteiger partial charge in [-0.3, -0.25) is 9.78 Å². The fraction of sp³-hybridized carbons (Fsp3) is 0.444. The number of hydrogen-bond acceptors (Lipinski definition) is 5. The molecule has 2 fully saturated rings. The lowest BCUT2D eigenvalue weighted by molar-refractivity contribution is -0.128. The van der Waals surface area contributed by atoms with Gasteiger partial charge in [0.05, 0.1) is 6.04 Å². The van der Waals surface area contributed by atoms with Crippen LogP contribution in [0.5, 0.6) is 0 Å². The van der Waals surface area contributed by atoms with Crippen LogP contribution >= 0.6 is 0 Å². The van der Waals surface area contributed by atoms with Crippen molar-refractivity contribution in [2.45, 2.75) is 44.7 Å². The van der Waals surface area contributed by atoms with E-state index in [-0.39, 0.29) is 11.9 Å². The number of aryl methyl sites for hydroxylation is 1. The largest absolute Gasteiger partial charge is 0.365 e. The van der Waals surface area contributed by atoms with Crippen molar-refractivity contribution >= 4 is 11.7 Å². The van der Waals surface area contributed by atoms with Gasteiger partial charge in [-0.15, -0.1) is 0 Å². The van der Waals surface area contributed by atoms with E-state index >= 15 is 0 Å². The second-order valence-electron chi connectivity index (χ2n) is 6.48. The first kappa shape index (κ1) is 15.1. The van der Waals surface area contributed by atoms with Gasteiger partial charge in [-0.05, 0) is 31.4 Å². The maximum absolute atomic E-state index is 12.1. The number of carbonyl (C=O) groups excluding carboxylic acids is 1. The van der Waals surface area contributed by atoms with Crippen LogP contribution in [0, 0.1) is 0 Å². The maximum atomic E-state index is 12.1. The molecule has 2 aromatic rings. The summed E-state index contributed by atoms with van der Waals surface area (Å²) in [7, 11) is 0. The molecular formula is C18H21N5O. The van der Waals surface area contributed by atoms with Crippen LogP contribution in [-0.4, -0.2) is 44.4 Å².